The molecule has 0 atom stereocenters. The second-order valence-corrected chi connectivity index (χ2v) is 5.51. The van der Waals surface area contributed by atoms with Crippen molar-refractivity contribution in [3.8, 4) is 0 Å². The molecule has 6 heteroatoms. The van der Waals surface area contributed by atoms with E-state index in [1.54, 1.807) is 12.3 Å². The number of rotatable bonds is 6. The fourth-order valence-electron chi connectivity index (χ4n) is 1.33. The number of nitrogens with one attached hydrogen (secondary N) is 2. The van der Waals surface area contributed by atoms with Gasteiger partial charge >= 0.3 is 0 Å². The van der Waals surface area contributed by atoms with E-state index in [1.165, 1.54) is 6.20 Å². The van der Waals surface area contributed by atoms with Crippen LogP contribution in [-0.2, 0) is 4.79 Å². The monoisotopic (exact) mass is 327 g/mol. The Morgan fingerprint density at radius 1 is 1.32 bits per heavy atom. The van der Waals surface area contributed by atoms with Crippen molar-refractivity contribution in [3.63, 3.8) is 0 Å². The molecule has 0 aliphatic heterocycles. The predicted octanol–water partition coefficient (Wildman–Crippen LogP) is 1.74. The van der Waals surface area contributed by atoms with Crippen LogP contribution in [0.3, 0.4) is 0 Å². The lowest BCUT2D eigenvalue weighted by atomic mass is 10.2. The molecule has 2 amide bonds. The minimum absolute atomic E-state index is 0.0543. The maximum Gasteiger partial charge on any atom is 0.252 e. The van der Waals surface area contributed by atoms with Crippen LogP contribution in [0.15, 0.2) is 22.9 Å². The van der Waals surface area contributed by atoms with Gasteiger partial charge in [-0.2, -0.15) is 0 Å². The second kappa shape index (κ2) is 7.89. The third kappa shape index (κ3) is 6.33. The second-order valence-electron chi connectivity index (χ2n) is 4.60. The van der Waals surface area contributed by atoms with Crippen molar-refractivity contribution in [2.24, 2.45) is 5.92 Å². The van der Waals surface area contributed by atoms with Gasteiger partial charge in [-0.3, -0.25) is 14.6 Å². The van der Waals surface area contributed by atoms with Gasteiger partial charge in [-0.25, -0.2) is 0 Å². The molecule has 0 spiro atoms. The number of hydrogen-bond donors (Lipinski definition) is 2. The van der Waals surface area contributed by atoms with Crippen LogP contribution in [0.5, 0.6) is 0 Å². The van der Waals surface area contributed by atoms with Gasteiger partial charge in [-0.1, -0.05) is 13.8 Å². The summed E-state index contributed by atoms with van der Waals surface area (Å²) in [5.74, 6) is 0.137. The molecule has 0 unspecified atom stereocenters. The maximum absolute atomic E-state index is 11.7. The molecule has 0 aliphatic rings. The van der Waals surface area contributed by atoms with Gasteiger partial charge in [-0.05, 0) is 27.9 Å². The summed E-state index contributed by atoms with van der Waals surface area (Å²) >= 11 is 3.25. The summed E-state index contributed by atoms with van der Waals surface area (Å²) in [6, 6.07) is 1.68. The first-order chi connectivity index (χ1) is 8.99. The summed E-state index contributed by atoms with van der Waals surface area (Å²) in [5.41, 5.74) is 0.469. The van der Waals surface area contributed by atoms with Crippen LogP contribution in [0.1, 0.15) is 30.6 Å². The first-order valence-electron chi connectivity index (χ1n) is 6.14. The Balaban J connectivity index is 2.29. The number of halogens is 1. The fourth-order valence-corrected chi connectivity index (χ4v) is 1.70. The van der Waals surface area contributed by atoms with Gasteiger partial charge in [0.2, 0.25) is 5.91 Å². The first kappa shape index (κ1) is 15.6. The highest BCUT2D eigenvalue weighted by molar-refractivity contribution is 9.10. The van der Waals surface area contributed by atoms with Crippen LogP contribution in [0, 0.1) is 5.92 Å². The maximum atomic E-state index is 11.7. The molecule has 2 N–H and O–H groups in total. The van der Waals surface area contributed by atoms with Crippen LogP contribution >= 0.6 is 15.9 Å². The molecule has 1 aromatic rings. The Hall–Kier alpha value is -1.43. The van der Waals surface area contributed by atoms with Crippen molar-refractivity contribution in [2.75, 3.05) is 13.1 Å². The van der Waals surface area contributed by atoms with Crippen molar-refractivity contribution >= 4 is 27.7 Å². The van der Waals surface area contributed by atoms with E-state index in [1.807, 2.05) is 13.8 Å². The van der Waals surface area contributed by atoms with Gasteiger partial charge in [0.25, 0.3) is 5.91 Å². The van der Waals surface area contributed by atoms with Crippen molar-refractivity contribution in [1.82, 2.24) is 15.6 Å². The van der Waals surface area contributed by atoms with Crippen molar-refractivity contribution in [2.45, 2.75) is 20.3 Å². The van der Waals surface area contributed by atoms with Crippen LogP contribution < -0.4 is 10.6 Å². The van der Waals surface area contributed by atoms with Gasteiger partial charge in [0, 0.05) is 36.4 Å². The summed E-state index contributed by atoms with van der Waals surface area (Å²) < 4.78 is 0.745. The van der Waals surface area contributed by atoms with E-state index in [4.69, 9.17) is 0 Å². The number of carbonyl (C=O) groups is 2. The number of nitrogens with zero attached hydrogens (tertiary/aromatic N) is 1. The Bertz CT molecular complexity index is 449. The average molecular weight is 328 g/mol. The number of hydrogen-bond acceptors (Lipinski definition) is 3. The number of aromatic nitrogens is 1. The van der Waals surface area contributed by atoms with E-state index in [0.717, 1.165) is 4.47 Å². The molecule has 0 radical (unpaired) electrons. The highest BCUT2D eigenvalue weighted by Gasteiger charge is 2.07. The molecule has 1 aromatic heterocycles. The molecule has 0 fully saturated rings. The Labute approximate surface area is 121 Å². The Morgan fingerprint density at radius 3 is 2.68 bits per heavy atom. The van der Waals surface area contributed by atoms with E-state index in [0.29, 0.717) is 24.6 Å². The van der Waals surface area contributed by atoms with Crippen molar-refractivity contribution in [3.05, 3.63) is 28.5 Å². The molecule has 5 nitrogen and oxygen atoms in total. The van der Waals surface area contributed by atoms with Crippen LogP contribution in [-0.4, -0.2) is 29.9 Å². The van der Waals surface area contributed by atoms with Crippen LogP contribution in [0.2, 0.25) is 0 Å². The SMILES string of the molecule is CC(C)CNC(=O)CCNC(=O)c1cncc(Br)c1. The minimum atomic E-state index is -0.231. The number of pyridine rings is 1. The lowest BCUT2D eigenvalue weighted by Crippen LogP contribution is -2.32. The molecule has 0 bridgehead atoms. The molecule has 0 saturated heterocycles. The predicted molar refractivity (Wildman–Crippen MR) is 76.7 cm³/mol. The Kier molecular flexibility index (Phi) is 6.49. The van der Waals surface area contributed by atoms with Gasteiger partial charge in [0.05, 0.1) is 5.56 Å². The van der Waals surface area contributed by atoms with E-state index in [2.05, 4.69) is 31.5 Å². The molecule has 0 aromatic carbocycles. The summed E-state index contributed by atoms with van der Waals surface area (Å²) in [5, 5.41) is 5.48. The molecule has 104 valence electrons. The standard InChI is InChI=1S/C13H18BrN3O2/c1-9(2)6-17-12(18)3-4-16-13(19)10-5-11(14)8-15-7-10/h5,7-9H,3-4,6H2,1-2H3,(H,16,19)(H,17,18). The Morgan fingerprint density at radius 2 is 2.05 bits per heavy atom. The molecule has 19 heavy (non-hydrogen) atoms. The van der Waals surface area contributed by atoms with Gasteiger partial charge in [0.1, 0.15) is 0 Å². The largest absolute Gasteiger partial charge is 0.356 e. The summed E-state index contributed by atoms with van der Waals surface area (Å²) in [6.45, 7) is 5.03. The van der Waals surface area contributed by atoms with Gasteiger partial charge in [0.15, 0.2) is 0 Å². The normalized spacial score (nSPS) is 10.3. The molecular formula is C13H18BrN3O2. The van der Waals surface area contributed by atoms with Crippen LogP contribution in [0.25, 0.3) is 0 Å². The zero-order valence-corrected chi connectivity index (χ0v) is 12.7. The van der Waals surface area contributed by atoms with E-state index in [9.17, 15) is 9.59 Å². The molecule has 1 rings (SSSR count). The fraction of sp³-hybridized carbons (Fsp3) is 0.462. The van der Waals surface area contributed by atoms with Crippen molar-refractivity contribution < 1.29 is 9.59 Å². The molecule has 1 heterocycles. The van der Waals surface area contributed by atoms with E-state index < -0.39 is 0 Å². The molecule has 0 saturated carbocycles. The number of carbonyl (C=O) groups excluding carboxylic acids is 2. The zero-order valence-electron chi connectivity index (χ0n) is 11.1. The van der Waals surface area contributed by atoms with Crippen molar-refractivity contribution in [1.29, 1.82) is 0 Å². The van der Waals surface area contributed by atoms with Crippen LogP contribution in [0.4, 0.5) is 0 Å². The first-order valence-corrected chi connectivity index (χ1v) is 6.93. The summed E-state index contributed by atoms with van der Waals surface area (Å²) in [4.78, 5) is 27.1. The average Bonchev–Trinajstić information content (AvgIpc) is 2.36. The number of amides is 2. The smallest absolute Gasteiger partial charge is 0.252 e. The molecule has 0 aliphatic carbocycles. The lowest BCUT2D eigenvalue weighted by Gasteiger charge is -2.08. The highest BCUT2D eigenvalue weighted by atomic mass is 79.9. The van der Waals surface area contributed by atoms with E-state index >= 15 is 0 Å². The van der Waals surface area contributed by atoms with E-state index in [-0.39, 0.29) is 18.2 Å². The summed E-state index contributed by atoms with van der Waals surface area (Å²) in [7, 11) is 0. The zero-order chi connectivity index (χ0) is 14.3. The highest BCUT2D eigenvalue weighted by Crippen LogP contribution is 2.09. The summed E-state index contributed by atoms with van der Waals surface area (Å²) in [6.07, 6.45) is 3.37. The van der Waals surface area contributed by atoms with Gasteiger partial charge in [-0.15, -0.1) is 0 Å². The third-order valence-corrected chi connectivity index (χ3v) is 2.75. The van der Waals surface area contributed by atoms with Gasteiger partial charge < -0.3 is 10.6 Å². The third-order valence-electron chi connectivity index (χ3n) is 2.31. The quantitative estimate of drug-likeness (QED) is 0.836. The topological polar surface area (TPSA) is 71.1 Å². The minimum Gasteiger partial charge on any atom is -0.356 e. The lowest BCUT2D eigenvalue weighted by molar-refractivity contribution is -0.121. The molecular weight excluding hydrogens is 310 g/mol.